The van der Waals surface area contributed by atoms with Gasteiger partial charge in [0, 0.05) is 34.9 Å². The Kier molecular flexibility index (Phi) is 5.12. The molecule has 0 spiro atoms. The van der Waals surface area contributed by atoms with Crippen LogP contribution < -0.4 is 10.6 Å². The predicted molar refractivity (Wildman–Crippen MR) is 95.0 cm³/mol. The molecule has 2 fully saturated rings. The van der Waals surface area contributed by atoms with Crippen molar-refractivity contribution in [1.29, 1.82) is 0 Å². The molecular formula is C18H26ClN3O. The summed E-state index contributed by atoms with van der Waals surface area (Å²) in [6.07, 6.45) is 5.95. The maximum Gasteiger partial charge on any atom is 0.319 e. The highest BCUT2D eigenvalue weighted by Gasteiger charge is 2.39. The van der Waals surface area contributed by atoms with Gasteiger partial charge in [-0.1, -0.05) is 18.0 Å². The largest absolute Gasteiger partial charge is 0.335 e. The minimum Gasteiger partial charge on any atom is -0.335 e. The number of hydrogen-bond acceptors (Lipinski definition) is 2. The van der Waals surface area contributed by atoms with Crippen molar-refractivity contribution >= 4 is 23.3 Å². The Balaban J connectivity index is 1.56. The number of nitrogens with one attached hydrogen (secondary N) is 2. The van der Waals surface area contributed by atoms with Gasteiger partial charge in [0.2, 0.25) is 0 Å². The molecule has 0 unspecified atom stereocenters. The monoisotopic (exact) mass is 335 g/mol. The predicted octanol–water partition coefficient (Wildman–Crippen LogP) is 4.26. The van der Waals surface area contributed by atoms with E-state index in [1.807, 2.05) is 12.1 Å². The van der Waals surface area contributed by atoms with Crippen molar-refractivity contribution in [3.05, 3.63) is 29.3 Å². The first-order valence-electron chi connectivity index (χ1n) is 8.63. The molecule has 2 N–H and O–H groups in total. The number of amides is 2. The van der Waals surface area contributed by atoms with Crippen molar-refractivity contribution in [3.63, 3.8) is 0 Å². The molecular weight excluding hydrogens is 310 g/mol. The maximum atomic E-state index is 12.2. The van der Waals surface area contributed by atoms with Gasteiger partial charge in [0.05, 0.1) is 0 Å². The van der Waals surface area contributed by atoms with Crippen LogP contribution in [0.1, 0.15) is 46.0 Å². The average Bonchev–Trinajstić information content (AvgIpc) is 2.48. The summed E-state index contributed by atoms with van der Waals surface area (Å²) in [4.78, 5) is 14.9. The van der Waals surface area contributed by atoms with Crippen LogP contribution in [-0.4, -0.2) is 35.1 Å². The first-order valence-corrected chi connectivity index (χ1v) is 9.01. The summed E-state index contributed by atoms with van der Waals surface area (Å²) in [6.45, 7) is 4.57. The SMILES string of the molecule is CC(C)N1[C@@H]2CCC[C@@H]1CC(NC(=O)Nc1ccc(Cl)cc1)C2. The first kappa shape index (κ1) is 16.6. The topological polar surface area (TPSA) is 44.4 Å². The number of fused-ring (bicyclic) bond motifs is 2. The van der Waals surface area contributed by atoms with E-state index < -0.39 is 0 Å². The lowest BCUT2D eigenvalue weighted by Crippen LogP contribution is -2.59. The lowest BCUT2D eigenvalue weighted by Gasteiger charge is -2.51. The quantitative estimate of drug-likeness (QED) is 0.867. The zero-order chi connectivity index (χ0) is 16.4. The summed E-state index contributed by atoms with van der Waals surface area (Å²) in [5.41, 5.74) is 0.770. The normalized spacial score (nSPS) is 27.7. The van der Waals surface area contributed by atoms with Crippen LogP contribution in [0, 0.1) is 0 Å². The van der Waals surface area contributed by atoms with Gasteiger partial charge in [-0.2, -0.15) is 0 Å². The van der Waals surface area contributed by atoms with Gasteiger partial charge in [0.25, 0.3) is 0 Å². The number of anilines is 1. The Morgan fingerprint density at radius 3 is 2.35 bits per heavy atom. The molecule has 2 aliphatic heterocycles. The molecule has 0 aliphatic carbocycles. The van der Waals surface area contributed by atoms with E-state index in [0.29, 0.717) is 23.1 Å². The second kappa shape index (κ2) is 7.10. The highest BCUT2D eigenvalue weighted by Crippen LogP contribution is 2.35. The Bertz CT molecular complexity index is 532. The molecule has 1 aromatic rings. The van der Waals surface area contributed by atoms with Crippen molar-refractivity contribution < 1.29 is 4.79 Å². The molecule has 0 aromatic heterocycles. The molecule has 0 saturated carbocycles. The van der Waals surface area contributed by atoms with Gasteiger partial charge >= 0.3 is 6.03 Å². The molecule has 5 heteroatoms. The lowest BCUT2D eigenvalue weighted by molar-refractivity contribution is 0.00233. The third-order valence-corrected chi connectivity index (χ3v) is 5.32. The van der Waals surface area contributed by atoms with E-state index in [1.54, 1.807) is 12.1 Å². The third kappa shape index (κ3) is 3.99. The van der Waals surface area contributed by atoms with Gasteiger partial charge in [-0.3, -0.25) is 4.90 Å². The summed E-state index contributed by atoms with van der Waals surface area (Å²) in [5, 5.41) is 6.73. The van der Waals surface area contributed by atoms with Gasteiger partial charge in [0.15, 0.2) is 0 Å². The standard InChI is InChI=1S/C18H26ClN3O/c1-12(2)22-16-4-3-5-17(22)11-15(10-16)21-18(23)20-14-8-6-13(19)7-9-14/h6-9,12,15-17H,3-5,10-11H2,1-2H3,(H2,20,21,23)/t16-,17-/m1/s1. The minimum absolute atomic E-state index is 0.117. The molecule has 0 radical (unpaired) electrons. The van der Waals surface area contributed by atoms with Crippen LogP contribution in [0.3, 0.4) is 0 Å². The van der Waals surface area contributed by atoms with Crippen LogP contribution in [0.15, 0.2) is 24.3 Å². The number of urea groups is 1. The van der Waals surface area contributed by atoms with E-state index in [-0.39, 0.29) is 12.1 Å². The van der Waals surface area contributed by atoms with Crippen LogP contribution in [0.4, 0.5) is 10.5 Å². The molecule has 2 heterocycles. The number of nitrogens with zero attached hydrogens (tertiary/aromatic N) is 1. The fourth-order valence-electron chi connectivity index (χ4n) is 4.26. The molecule has 2 bridgehead atoms. The lowest BCUT2D eigenvalue weighted by atomic mass is 9.81. The fraction of sp³-hybridized carbons (Fsp3) is 0.611. The van der Waals surface area contributed by atoms with Crippen molar-refractivity contribution in [2.24, 2.45) is 0 Å². The minimum atomic E-state index is -0.117. The molecule has 23 heavy (non-hydrogen) atoms. The van der Waals surface area contributed by atoms with Gasteiger partial charge in [-0.15, -0.1) is 0 Å². The summed E-state index contributed by atoms with van der Waals surface area (Å²) < 4.78 is 0. The summed E-state index contributed by atoms with van der Waals surface area (Å²) >= 11 is 5.86. The van der Waals surface area contributed by atoms with Gasteiger partial charge < -0.3 is 10.6 Å². The number of carbonyl (C=O) groups excluding carboxylic acids is 1. The third-order valence-electron chi connectivity index (χ3n) is 5.06. The van der Waals surface area contributed by atoms with E-state index in [1.165, 1.54) is 19.3 Å². The van der Waals surface area contributed by atoms with E-state index >= 15 is 0 Å². The first-order chi connectivity index (χ1) is 11.0. The van der Waals surface area contributed by atoms with Crippen LogP contribution in [0.25, 0.3) is 0 Å². The zero-order valence-electron chi connectivity index (χ0n) is 13.9. The van der Waals surface area contributed by atoms with Crippen LogP contribution in [0.5, 0.6) is 0 Å². The molecule has 4 nitrogen and oxygen atoms in total. The number of piperidine rings is 2. The summed E-state index contributed by atoms with van der Waals surface area (Å²) in [6, 6.07) is 9.17. The Labute approximate surface area is 143 Å². The zero-order valence-corrected chi connectivity index (χ0v) is 14.6. The van der Waals surface area contributed by atoms with Crippen LogP contribution in [0.2, 0.25) is 5.02 Å². The number of halogens is 1. The number of hydrogen-bond donors (Lipinski definition) is 2. The molecule has 1 aromatic carbocycles. The van der Waals surface area contributed by atoms with E-state index in [4.69, 9.17) is 11.6 Å². The van der Waals surface area contributed by atoms with Gasteiger partial charge in [-0.05, 0) is 63.8 Å². The van der Waals surface area contributed by atoms with Gasteiger partial charge in [-0.25, -0.2) is 4.79 Å². The van der Waals surface area contributed by atoms with E-state index in [9.17, 15) is 4.79 Å². The molecule has 126 valence electrons. The second-order valence-corrected chi connectivity index (χ2v) is 7.49. The number of benzene rings is 1. The second-order valence-electron chi connectivity index (χ2n) is 7.05. The average molecular weight is 336 g/mol. The Hall–Kier alpha value is -1.26. The van der Waals surface area contributed by atoms with Crippen molar-refractivity contribution in [1.82, 2.24) is 10.2 Å². The maximum absolute atomic E-state index is 12.2. The molecule has 2 saturated heterocycles. The fourth-order valence-corrected chi connectivity index (χ4v) is 4.39. The Morgan fingerprint density at radius 2 is 1.78 bits per heavy atom. The smallest absolute Gasteiger partial charge is 0.319 e. The Morgan fingerprint density at radius 1 is 1.17 bits per heavy atom. The van der Waals surface area contributed by atoms with Gasteiger partial charge in [0.1, 0.15) is 0 Å². The van der Waals surface area contributed by atoms with E-state index in [0.717, 1.165) is 18.5 Å². The van der Waals surface area contributed by atoms with Crippen molar-refractivity contribution in [3.8, 4) is 0 Å². The highest BCUT2D eigenvalue weighted by atomic mass is 35.5. The molecule has 2 aliphatic rings. The van der Waals surface area contributed by atoms with Crippen LogP contribution >= 0.6 is 11.6 Å². The highest BCUT2D eigenvalue weighted by molar-refractivity contribution is 6.30. The number of carbonyl (C=O) groups is 1. The summed E-state index contributed by atoms with van der Waals surface area (Å²) in [5.74, 6) is 0. The molecule has 3 rings (SSSR count). The van der Waals surface area contributed by atoms with Crippen molar-refractivity contribution in [2.45, 2.75) is 70.1 Å². The van der Waals surface area contributed by atoms with Crippen LogP contribution in [-0.2, 0) is 0 Å². The van der Waals surface area contributed by atoms with E-state index in [2.05, 4.69) is 29.4 Å². The summed E-state index contributed by atoms with van der Waals surface area (Å²) in [7, 11) is 0. The molecule has 2 amide bonds. The van der Waals surface area contributed by atoms with Crippen molar-refractivity contribution in [2.75, 3.05) is 5.32 Å². The molecule has 2 atom stereocenters. The number of rotatable bonds is 3.